The number of carbonyl (C=O) groups is 3. The quantitative estimate of drug-likeness (QED) is 0.201. The smallest absolute Gasteiger partial charge is 0.323 e. The molecular weight excluding hydrogens is 612 g/mol. The predicted molar refractivity (Wildman–Crippen MR) is 172 cm³/mol. The molecule has 0 bridgehead atoms. The van der Waals surface area contributed by atoms with Crippen molar-refractivity contribution in [1.29, 1.82) is 0 Å². The molecule has 2 aromatic carbocycles. The summed E-state index contributed by atoms with van der Waals surface area (Å²) in [5.74, 6) is -1.12. The first-order valence-electron chi connectivity index (χ1n) is 14.0. The predicted octanol–water partition coefficient (Wildman–Crippen LogP) is 4.48. The van der Waals surface area contributed by atoms with Crippen molar-refractivity contribution in [2.45, 2.75) is 30.7 Å². The number of nitrogens with one attached hydrogen (secondary N) is 2. The van der Waals surface area contributed by atoms with Gasteiger partial charge in [0.2, 0.25) is 15.9 Å². The number of aliphatic carboxylic acids is 1. The van der Waals surface area contributed by atoms with E-state index < -0.39 is 34.5 Å². The minimum absolute atomic E-state index is 0.00195. The van der Waals surface area contributed by atoms with Crippen LogP contribution in [-0.4, -0.2) is 66.9 Å². The number of methoxy groups -OCH3 is 1. The van der Waals surface area contributed by atoms with Gasteiger partial charge < -0.3 is 25.4 Å². The number of ether oxygens (including phenoxy) is 1. The molecule has 2 heterocycles. The number of hydrogen-bond acceptors (Lipinski definition) is 8. The summed E-state index contributed by atoms with van der Waals surface area (Å²) in [5.41, 5.74) is 3.25. The van der Waals surface area contributed by atoms with E-state index in [9.17, 15) is 27.9 Å². The Morgan fingerprint density at radius 1 is 0.957 bits per heavy atom. The van der Waals surface area contributed by atoms with Gasteiger partial charge in [0.05, 0.1) is 49.3 Å². The lowest BCUT2D eigenvalue weighted by Gasteiger charge is -2.26. The van der Waals surface area contributed by atoms with Gasteiger partial charge in [0, 0.05) is 32.2 Å². The minimum Gasteiger partial charge on any atom is -0.495 e. The number of carboxylic acids is 1. The number of benzene rings is 2. The molecule has 4 rings (SSSR count). The number of rotatable bonds is 12. The average molecular weight is 647 g/mol. The maximum absolute atomic E-state index is 13.2. The number of nitrogens with zero attached hydrogens (tertiary/aromatic N) is 4. The third-order valence-corrected chi connectivity index (χ3v) is 9.10. The zero-order chi connectivity index (χ0) is 33.4. The number of sulfonamides is 1. The van der Waals surface area contributed by atoms with Crippen molar-refractivity contribution in [2.75, 3.05) is 36.7 Å². The zero-order valence-corrected chi connectivity index (χ0v) is 26.5. The highest BCUT2D eigenvalue weighted by atomic mass is 32.2. The number of hydrogen-bond donors (Lipinski definition) is 3. The van der Waals surface area contributed by atoms with Crippen molar-refractivity contribution < 1.29 is 32.6 Å². The van der Waals surface area contributed by atoms with Gasteiger partial charge in [-0.25, -0.2) is 13.2 Å². The fourth-order valence-corrected chi connectivity index (χ4v) is 5.88. The average Bonchev–Trinajstić information content (AvgIpc) is 3.05. The van der Waals surface area contributed by atoms with Crippen LogP contribution in [0, 0.1) is 6.92 Å². The van der Waals surface area contributed by atoms with Crippen LogP contribution in [0.4, 0.5) is 21.9 Å². The highest BCUT2D eigenvalue weighted by Crippen LogP contribution is 2.30. The summed E-state index contributed by atoms with van der Waals surface area (Å²) in [4.78, 5) is 46.9. The number of aryl methyl sites for hydroxylation is 1. The van der Waals surface area contributed by atoms with Crippen molar-refractivity contribution >= 4 is 45.0 Å². The molecule has 240 valence electrons. The molecule has 0 saturated carbocycles. The molecule has 0 aliphatic heterocycles. The summed E-state index contributed by atoms with van der Waals surface area (Å²) < 4.78 is 32.7. The lowest BCUT2D eigenvalue weighted by molar-refractivity contribution is -0.138. The fraction of sp³-hybridized carbons (Fsp3) is 0.219. The highest BCUT2D eigenvalue weighted by Gasteiger charge is 2.32. The Balaban J connectivity index is 1.45. The SMILES string of the molecule is COc1cc(CC(=O)N(C)c2ccc(C(CC(=O)O)N(C)S(=O)(=O)c3cccnc3)nc2)ccc1NC(=O)Nc1ccccc1C. The normalized spacial score (nSPS) is 11.8. The molecule has 0 aliphatic rings. The Hall–Kier alpha value is -5.34. The van der Waals surface area contributed by atoms with Crippen LogP contribution in [-0.2, 0) is 26.0 Å². The molecule has 14 heteroatoms. The Morgan fingerprint density at radius 2 is 1.70 bits per heavy atom. The molecular formula is C32H34N6O7S. The third kappa shape index (κ3) is 8.02. The van der Waals surface area contributed by atoms with E-state index in [0.29, 0.717) is 28.4 Å². The van der Waals surface area contributed by atoms with Crippen LogP contribution in [0.15, 0.2) is 90.2 Å². The molecule has 4 aromatic rings. The van der Waals surface area contributed by atoms with Gasteiger partial charge in [-0.15, -0.1) is 0 Å². The Kier molecular flexibility index (Phi) is 10.7. The van der Waals surface area contributed by atoms with E-state index in [4.69, 9.17) is 4.74 Å². The number of anilines is 3. The van der Waals surface area contributed by atoms with E-state index in [2.05, 4.69) is 20.6 Å². The summed E-state index contributed by atoms with van der Waals surface area (Å²) in [7, 11) is 0.238. The van der Waals surface area contributed by atoms with Gasteiger partial charge in [-0.2, -0.15) is 4.31 Å². The van der Waals surface area contributed by atoms with E-state index >= 15 is 0 Å². The summed E-state index contributed by atoms with van der Waals surface area (Å²) >= 11 is 0. The largest absolute Gasteiger partial charge is 0.495 e. The van der Waals surface area contributed by atoms with Crippen LogP contribution in [0.3, 0.4) is 0 Å². The van der Waals surface area contributed by atoms with Crippen LogP contribution in [0.2, 0.25) is 0 Å². The molecule has 13 nitrogen and oxygen atoms in total. The monoisotopic (exact) mass is 646 g/mol. The van der Waals surface area contributed by atoms with Crippen molar-refractivity contribution in [2.24, 2.45) is 0 Å². The van der Waals surface area contributed by atoms with Crippen molar-refractivity contribution in [3.63, 3.8) is 0 Å². The standard InChI is InChI=1S/C32H34N6O7S/c1-21-8-5-6-10-25(21)35-32(42)36-27-13-11-22(16-29(27)45-4)17-30(39)37(2)23-12-14-26(34-19-23)28(18-31(40)41)38(3)46(43,44)24-9-7-15-33-20-24/h5-16,19-20,28H,17-18H2,1-4H3,(H,40,41)(H2,35,36,42). The summed E-state index contributed by atoms with van der Waals surface area (Å²) in [6.07, 6.45) is 3.47. The topological polar surface area (TPSA) is 171 Å². The van der Waals surface area contributed by atoms with Gasteiger partial charge in [0.25, 0.3) is 0 Å². The second kappa shape index (κ2) is 14.6. The first-order valence-corrected chi connectivity index (χ1v) is 15.5. The maximum Gasteiger partial charge on any atom is 0.323 e. The van der Waals surface area contributed by atoms with E-state index in [-0.39, 0.29) is 22.9 Å². The molecule has 0 saturated heterocycles. The molecule has 1 atom stereocenters. The number of para-hydroxylation sites is 1. The zero-order valence-electron chi connectivity index (χ0n) is 25.7. The van der Waals surface area contributed by atoms with Gasteiger partial charge in [-0.3, -0.25) is 19.6 Å². The molecule has 0 aliphatic carbocycles. The summed E-state index contributed by atoms with van der Waals surface area (Å²) in [6.45, 7) is 1.89. The van der Waals surface area contributed by atoms with E-state index in [1.807, 2.05) is 25.1 Å². The van der Waals surface area contributed by atoms with Gasteiger partial charge in [-0.05, 0) is 60.5 Å². The number of amides is 3. The Labute approximate surface area is 266 Å². The molecule has 3 N–H and O–H groups in total. The van der Waals surface area contributed by atoms with E-state index in [0.717, 1.165) is 9.87 Å². The van der Waals surface area contributed by atoms with Crippen LogP contribution in [0.25, 0.3) is 0 Å². The van der Waals surface area contributed by atoms with Crippen molar-refractivity contribution in [3.05, 3.63) is 102 Å². The maximum atomic E-state index is 13.2. The fourth-order valence-electron chi connectivity index (χ4n) is 4.59. The molecule has 0 radical (unpaired) electrons. The number of pyridine rings is 2. The number of likely N-dealkylation sites (N-methyl/N-ethyl adjacent to an activating group) is 1. The summed E-state index contributed by atoms with van der Waals surface area (Å²) in [6, 6.07) is 16.7. The Bertz CT molecular complexity index is 1820. The van der Waals surface area contributed by atoms with Crippen molar-refractivity contribution in [1.82, 2.24) is 14.3 Å². The molecule has 2 aromatic heterocycles. The van der Waals surface area contributed by atoms with E-state index in [1.54, 1.807) is 37.4 Å². The number of carbonyl (C=O) groups excluding carboxylic acids is 2. The van der Waals surface area contributed by atoms with Gasteiger partial charge in [0.15, 0.2) is 0 Å². The first kappa shape index (κ1) is 33.6. The van der Waals surface area contributed by atoms with Gasteiger partial charge in [0.1, 0.15) is 10.6 Å². The molecule has 0 spiro atoms. The molecule has 0 fully saturated rings. The van der Waals surface area contributed by atoms with Crippen LogP contribution < -0.4 is 20.3 Å². The third-order valence-electron chi connectivity index (χ3n) is 7.25. The number of urea groups is 1. The first-order chi connectivity index (χ1) is 21.9. The minimum atomic E-state index is -4.07. The lowest BCUT2D eigenvalue weighted by Crippen LogP contribution is -2.33. The second-order valence-electron chi connectivity index (χ2n) is 10.3. The number of aromatic nitrogens is 2. The lowest BCUT2D eigenvalue weighted by atomic mass is 10.1. The summed E-state index contributed by atoms with van der Waals surface area (Å²) in [5, 5.41) is 15.1. The van der Waals surface area contributed by atoms with Gasteiger partial charge in [-0.1, -0.05) is 24.3 Å². The Morgan fingerprint density at radius 3 is 2.33 bits per heavy atom. The molecule has 3 amide bonds. The van der Waals surface area contributed by atoms with Crippen LogP contribution >= 0.6 is 0 Å². The van der Waals surface area contributed by atoms with Crippen LogP contribution in [0.5, 0.6) is 5.75 Å². The number of carboxylic acid groups (broad SMARTS) is 1. The van der Waals surface area contributed by atoms with Gasteiger partial charge >= 0.3 is 12.0 Å². The second-order valence-corrected chi connectivity index (χ2v) is 12.3. The molecule has 46 heavy (non-hydrogen) atoms. The van der Waals surface area contributed by atoms with Crippen molar-refractivity contribution in [3.8, 4) is 5.75 Å². The molecule has 1 unspecified atom stereocenters. The highest BCUT2D eigenvalue weighted by molar-refractivity contribution is 7.89. The van der Waals surface area contributed by atoms with E-state index in [1.165, 1.54) is 55.8 Å². The van der Waals surface area contributed by atoms with Crippen LogP contribution in [0.1, 0.15) is 29.3 Å².